The zero-order valence-electron chi connectivity index (χ0n) is 9.82. The van der Waals surface area contributed by atoms with Crippen LogP contribution < -0.4 is 0 Å². The van der Waals surface area contributed by atoms with Crippen LogP contribution in [0.25, 0.3) is 0 Å². The fourth-order valence-corrected chi connectivity index (χ4v) is 1.44. The van der Waals surface area contributed by atoms with E-state index in [2.05, 4.69) is 64.1 Å². The van der Waals surface area contributed by atoms with E-state index >= 15 is 0 Å². The van der Waals surface area contributed by atoms with Gasteiger partial charge in [0, 0.05) is 0 Å². The Bertz CT molecular complexity index is 308. The van der Waals surface area contributed by atoms with Crippen molar-refractivity contribution in [1.82, 2.24) is 0 Å². The van der Waals surface area contributed by atoms with Gasteiger partial charge in [-0.3, -0.25) is 0 Å². The van der Waals surface area contributed by atoms with Gasteiger partial charge in [0.1, 0.15) is 0 Å². The maximum absolute atomic E-state index is 2.17. The molecule has 0 saturated heterocycles. The summed E-state index contributed by atoms with van der Waals surface area (Å²) in [5.41, 5.74) is 5.44. The van der Waals surface area contributed by atoms with Crippen LogP contribution in [0.2, 0.25) is 0 Å². The molecule has 0 N–H and O–H groups in total. The molecule has 0 heterocycles. The second-order valence-corrected chi connectivity index (χ2v) is 3.93. The molecule has 1 heteroatoms. The molecule has 0 spiro atoms. The van der Waals surface area contributed by atoms with Crippen LogP contribution in [0.15, 0.2) is 36.4 Å². The molecule has 0 aliphatic rings. The van der Waals surface area contributed by atoms with Gasteiger partial charge in [0.15, 0.2) is 0 Å². The number of aryl methyl sites for hydroxylation is 4. The van der Waals surface area contributed by atoms with E-state index in [1.54, 1.807) is 0 Å². The molecule has 0 aliphatic heterocycles. The van der Waals surface area contributed by atoms with E-state index in [9.17, 15) is 0 Å². The van der Waals surface area contributed by atoms with Gasteiger partial charge in [0.25, 0.3) is 0 Å². The monoisotopic (exact) mass is 288 g/mol. The van der Waals surface area contributed by atoms with Crippen LogP contribution >= 0.6 is 0 Å². The molecule has 0 saturated carbocycles. The second kappa shape index (κ2) is 6.74. The van der Waals surface area contributed by atoms with Gasteiger partial charge in [-0.15, -0.1) is 0 Å². The minimum absolute atomic E-state index is 0. The van der Waals surface area contributed by atoms with Crippen molar-refractivity contribution in [2.24, 2.45) is 0 Å². The van der Waals surface area contributed by atoms with Crippen LogP contribution in [0.1, 0.15) is 22.3 Å². The van der Waals surface area contributed by atoms with Crippen LogP contribution in [-0.4, -0.2) is 0 Å². The third kappa shape index (κ3) is 5.69. The van der Waals surface area contributed by atoms with Gasteiger partial charge in [-0.05, 0) is 0 Å². The minimum atomic E-state index is 0. The Kier molecular flexibility index (Phi) is 6.44. The Morgan fingerprint density at radius 2 is 1.13 bits per heavy atom. The van der Waals surface area contributed by atoms with Crippen LogP contribution in [0.3, 0.4) is 0 Å². The van der Waals surface area contributed by atoms with Crippen molar-refractivity contribution in [3.63, 3.8) is 0 Å². The minimum Gasteiger partial charge on any atom is -0.211 e. The fraction of sp³-hybridized carbons (Fsp3) is 0.286. The van der Waals surface area contributed by atoms with Gasteiger partial charge in [-0.1, -0.05) is 27.7 Å². The van der Waals surface area contributed by atoms with E-state index in [0.717, 1.165) is 0 Å². The van der Waals surface area contributed by atoms with Gasteiger partial charge in [0.05, 0.1) is 0 Å². The first-order valence-corrected chi connectivity index (χ1v) is 4.98. The topological polar surface area (TPSA) is 0 Å². The molecule has 0 aromatic heterocycles. The maximum atomic E-state index is 2.17. The van der Waals surface area contributed by atoms with Gasteiger partial charge >= 0.3 is 19.5 Å². The molecule has 0 fully saturated rings. The van der Waals surface area contributed by atoms with Crippen LogP contribution in [-0.2, 0) is 19.5 Å². The van der Waals surface area contributed by atoms with E-state index in [-0.39, 0.29) is 19.5 Å². The summed E-state index contributed by atoms with van der Waals surface area (Å²) in [6.45, 7) is 8.42. The molecule has 0 atom stereocenters. The Labute approximate surface area is 106 Å². The first-order valence-electron chi connectivity index (χ1n) is 4.98. The molecule has 0 radical (unpaired) electrons. The van der Waals surface area contributed by atoms with Crippen molar-refractivity contribution in [3.05, 3.63) is 58.7 Å². The normalized spacial score (nSPS) is 8.80. The summed E-state index contributed by atoms with van der Waals surface area (Å²) in [7, 11) is 0. The van der Waals surface area contributed by atoms with Crippen molar-refractivity contribution in [2.75, 3.05) is 0 Å². The van der Waals surface area contributed by atoms with Crippen LogP contribution in [0.4, 0.5) is 0 Å². The molecule has 15 heavy (non-hydrogen) atoms. The first kappa shape index (κ1) is 14.3. The second-order valence-electron chi connectivity index (χ2n) is 3.93. The number of hydrogen-bond donors (Lipinski definition) is 0. The molecule has 2 rings (SSSR count). The van der Waals surface area contributed by atoms with Gasteiger partial charge in [0.2, 0.25) is 0 Å². The fourth-order valence-electron chi connectivity index (χ4n) is 1.44. The first-order chi connectivity index (χ1) is 6.58. The van der Waals surface area contributed by atoms with Gasteiger partial charge in [-0.2, -0.15) is 35.4 Å². The summed E-state index contributed by atoms with van der Waals surface area (Å²) >= 11 is 0. The summed E-state index contributed by atoms with van der Waals surface area (Å²) in [6.07, 6.45) is 0. The van der Waals surface area contributed by atoms with E-state index in [1.807, 2.05) is 0 Å². The van der Waals surface area contributed by atoms with Crippen molar-refractivity contribution < 1.29 is 19.5 Å². The summed E-state index contributed by atoms with van der Waals surface area (Å²) < 4.78 is 0. The van der Waals surface area contributed by atoms with Crippen molar-refractivity contribution in [2.45, 2.75) is 27.7 Å². The zero-order chi connectivity index (χ0) is 10.6. The van der Waals surface area contributed by atoms with Crippen molar-refractivity contribution in [1.29, 1.82) is 0 Å². The standard InChI is InChI=1S/2C7H9.Ru/c2*1-6-3-4-7(2)5-6;/h2*3-5H,1-2H3;/q2*-1;+2. The molecule has 0 amide bonds. The Morgan fingerprint density at radius 1 is 0.800 bits per heavy atom. The third-order valence-corrected chi connectivity index (χ3v) is 2.13. The Hall–Kier alpha value is -0.677. The Morgan fingerprint density at radius 3 is 1.20 bits per heavy atom. The molecule has 2 aromatic carbocycles. The number of hydrogen-bond acceptors (Lipinski definition) is 0. The predicted molar refractivity (Wildman–Crippen MR) is 63.0 cm³/mol. The quantitative estimate of drug-likeness (QED) is 0.507. The molecule has 82 valence electrons. The summed E-state index contributed by atoms with van der Waals surface area (Å²) in [6, 6.07) is 12.8. The van der Waals surface area contributed by atoms with E-state index < -0.39 is 0 Å². The largest absolute Gasteiger partial charge is 2.00 e. The van der Waals surface area contributed by atoms with Crippen LogP contribution in [0.5, 0.6) is 0 Å². The van der Waals surface area contributed by atoms with Crippen LogP contribution in [0, 0.1) is 27.7 Å². The van der Waals surface area contributed by atoms with Crippen molar-refractivity contribution in [3.8, 4) is 0 Å². The average molecular weight is 287 g/mol. The number of rotatable bonds is 0. The van der Waals surface area contributed by atoms with Crippen molar-refractivity contribution >= 4 is 0 Å². The molecule has 0 bridgehead atoms. The summed E-state index contributed by atoms with van der Waals surface area (Å²) in [4.78, 5) is 0. The maximum Gasteiger partial charge on any atom is 2.00 e. The predicted octanol–water partition coefficient (Wildman–Crippen LogP) is 4.04. The molecular formula is C14H18Ru. The Balaban J connectivity index is 0.000000245. The zero-order valence-corrected chi connectivity index (χ0v) is 11.6. The summed E-state index contributed by atoms with van der Waals surface area (Å²) in [5, 5.41) is 0. The van der Waals surface area contributed by atoms with E-state index in [1.165, 1.54) is 22.3 Å². The third-order valence-electron chi connectivity index (χ3n) is 2.13. The average Bonchev–Trinajstić information content (AvgIpc) is 2.63. The molecular weight excluding hydrogens is 269 g/mol. The SMILES string of the molecule is Cc1cc[c-](C)c1.Cc1cc[c-](C)c1.[Ru+2]. The molecule has 0 nitrogen and oxygen atoms in total. The van der Waals surface area contributed by atoms with Gasteiger partial charge in [-0.25, -0.2) is 23.3 Å². The summed E-state index contributed by atoms with van der Waals surface area (Å²) in [5.74, 6) is 0. The van der Waals surface area contributed by atoms with E-state index in [0.29, 0.717) is 0 Å². The molecule has 0 unspecified atom stereocenters. The smallest absolute Gasteiger partial charge is 0.211 e. The molecule has 0 aliphatic carbocycles. The van der Waals surface area contributed by atoms with Gasteiger partial charge < -0.3 is 0 Å². The molecule has 2 aromatic rings. The van der Waals surface area contributed by atoms with E-state index in [4.69, 9.17) is 0 Å².